The van der Waals surface area contributed by atoms with E-state index in [0.29, 0.717) is 12.8 Å². The molecule has 0 aliphatic rings. The van der Waals surface area contributed by atoms with E-state index in [1.165, 1.54) is 13.0 Å². The fraction of sp³-hybridized carbons (Fsp3) is 0.385. The number of ether oxygens (including phenoxy) is 1. The minimum atomic E-state index is -10.2. The second kappa shape index (κ2) is 5.15. The highest BCUT2D eigenvalue weighted by Gasteiger charge is 2.68. The van der Waals surface area contributed by atoms with Gasteiger partial charge in [-0.2, -0.15) is 0 Å². The highest BCUT2D eigenvalue weighted by Crippen LogP contribution is 3.02. The molecule has 0 spiro atoms. The number of allylic oxidation sites excluding steroid dienone is 1. The van der Waals surface area contributed by atoms with Crippen LogP contribution in [0, 0.1) is 5.82 Å². The first-order valence-electron chi connectivity index (χ1n) is 6.26. The van der Waals surface area contributed by atoms with Crippen LogP contribution in [-0.2, 0) is 0 Å². The van der Waals surface area contributed by atoms with E-state index in [0.717, 1.165) is 18.2 Å². The van der Waals surface area contributed by atoms with E-state index < -0.39 is 32.2 Å². The van der Waals surface area contributed by atoms with Gasteiger partial charge in [-0.25, -0.2) is 4.39 Å². The lowest BCUT2D eigenvalue weighted by molar-refractivity contribution is 0.309. The molecule has 0 aliphatic heterocycles. The number of hydrogen-bond acceptors (Lipinski definition) is 1. The van der Waals surface area contributed by atoms with Gasteiger partial charge in [0, 0.05) is 5.56 Å². The van der Waals surface area contributed by atoms with Gasteiger partial charge in [-0.05, 0) is 25.5 Å². The van der Waals surface area contributed by atoms with Gasteiger partial charge in [0.2, 0.25) is 0 Å². The van der Waals surface area contributed by atoms with Gasteiger partial charge in [0.25, 0.3) is 0 Å². The smallest absolute Gasteiger partial charge is 0.313 e. The number of benzene rings is 1. The van der Waals surface area contributed by atoms with Crippen molar-refractivity contribution >= 4 is 16.3 Å². The maximum absolute atomic E-state index is 13.9. The lowest BCUT2D eigenvalue weighted by Crippen LogP contribution is -2.12. The van der Waals surface area contributed by atoms with Crippen LogP contribution >= 0.6 is 10.2 Å². The van der Waals surface area contributed by atoms with Crippen LogP contribution in [0.1, 0.15) is 32.3 Å². The summed E-state index contributed by atoms with van der Waals surface area (Å²) in [6.45, 7) is 3.05. The second-order valence-electron chi connectivity index (χ2n) is 4.39. The molecular formula is C13H16F6OS. The summed E-state index contributed by atoms with van der Waals surface area (Å²) in [6, 6.07) is 1.70. The van der Waals surface area contributed by atoms with Gasteiger partial charge in [-0.1, -0.05) is 44.9 Å². The maximum atomic E-state index is 13.9. The third kappa shape index (κ3) is 4.59. The third-order valence-corrected chi connectivity index (χ3v) is 3.72. The number of rotatable bonds is 6. The lowest BCUT2D eigenvalue weighted by Gasteiger charge is -2.41. The molecule has 0 aromatic heterocycles. The zero-order chi connectivity index (χ0) is 16.4. The summed E-state index contributed by atoms with van der Waals surface area (Å²) in [5, 5.41) is 0. The van der Waals surface area contributed by atoms with Crippen molar-refractivity contribution in [1.29, 1.82) is 0 Å². The third-order valence-electron chi connectivity index (χ3n) is 2.53. The molecule has 0 bridgehead atoms. The molecule has 0 aliphatic carbocycles. The minimum Gasteiger partial charge on any atom is -0.491 e. The Balaban J connectivity index is 3.58. The Bertz CT molecular complexity index is 549. The Labute approximate surface area is 119 Å². The normalized spacial score (nSPS) is 15.8. The molecule has 0 unspecified atom stereocenters. The Hall–Kier alpha value is -1.31. The number of halogens is 6. The molecule has 8 heteroatoms. The molecule has 122 valence electrons. The monoisotopic (exact) mass is 334 g/mol. The summed E-state index contributed by atoms with van der Waals surface area (Å²) in [5.41, 5.74) is -0.899. The Morgan fingerprint density at radius 3 is 2.19 bits per heavy atom. The van der Waals surface area contributed by atoms with Crippen LogP contribution in [0.4, 0.5) is 23.8 Å². The largest absolute Gasteiger partial charge is 0.491 e. The van der Waals surface area contributed by atoms with Crippen molar-refractivity contribution in [2.24, 2.45) is 0 Å². The van der Waals surface area contributed by atoms with E-state index in [2.05, 4.69) is 4.74 Å². The molecule has 0 fully saturated rings. The van der Waals surface area contributed by atoms with E-state index in [9.17, 15) is 23.8 Å². The Kier molecular flexibility index (Phi) is 4.35. The molecule has 0 heterocycles. The maximum Gasteiger partial charge on any atom is 0.313 e. The fourth-order valence-electron chi connectivity index (χ4n) is 1.72. The molecule has 0 amide bonds. The van der Waals surface area contributed by atoms with Crippen molar-refractivity contribution in [2.75, 3.05) is 6.61 Å². The van der Waals surface area contributed by atoms with Gasteiger partial charge >= 0.3 is 10.2 Å². The Morgan fingerprint density at radius 1 is 1.10 bits per heavy atom. The highest BCUT2D eigenvalue weighted by molar-refractivity contribution is 8.45. The van der Waals surface area contributed by atoms with Crippen molar-refractivity contribution in [1.82, 2.24) is 0 Å². The van der Waals surface area contributed by atoms with Gasteiger partial charge < -0.3 is 4.74 Å². The summed E-state index contributed by atoms with van der Waals surface area (Å²) in [6.07, 6.45) is 3.17. The van der Waals surface area contributed by atoms with Gasteiger partial charge in [0.15, 0.2) is 16.5 Å². The topological polar surface area (TPSA) is 9.23 Å². The molecule has 1 nitrogen and oxygen atoms in total. The second-order valence-corrected chi connectivity index (χ2v) is 6.74. The highest BCUT2D eigenvalue weighted by atomic mass is 32.5. The van der Waals surface area contributed by atoms with Crippen molar-refractivity contribution in [2.45, 2.75) is 31.6 Å². The van der Waals surface area contributed by atoms with Gasteiger partial charge in [-0.15, -0.1) is 0 Å². The minimum absolute atomic E-state index is 0.137. The van der Waals surface area contributed by atoms with Crippen molar-refractivity contribution < 1.29 is 28.6 Å². The molecule has 0 atom stereocenters. The molecule has 0 saturated heterocycles. The van der Waals surface area contributed by atoms with Crippen LogP contribution in [0.2, 0.25) is 0 Å². The van der Waals surface area contributed by atoms with Crippen LogP contribution < -0.4 is 4.74 Å². The van der Waals surface area contributed by atoms with Gasteiger partial charge in [0.05, 0.1) is 6.61 Å². The van der Waals surface area contributed by atoms with E-state index in [1.54, 1.807) is 6.92 Å². The zero-order valence-corrected chi connectivity index (χ0v) is 12.3. The fourth-order valence-corrected chi connectivity index (χ4v) is 2.74. The van der Waals surface area contributed by atoms with Gasteiger partial charge in [-0.3, -0.25) is 0 Å². The van der Waals surface area contributed by atoms with E-state index >= 15 is 0 Å². The molecule has 1 aromatic rings. The van der Waals surface area contributed by atoms with Crippen molar-refractivity contribution in [3.63, 3.8) is 0 Å². The summed E-state index contributed by atoms with van der Waals surface area (Å²) in [4.78, 5) is -2.52. The molecule has 1 rings (SSSR count). The average molecular weight is 334 g/mol. The van der Waals surface area contributed by atoms with Crippen LogP contribution in [0.5, 0.6) is 5.75 Å². The van der Waals surface area contributed by atoms with E-state index in [4.69, 9.17) is 0 Å². The first-order chi connectivity index (χ1) is 9.40. The molecule has 0 N–H and O–H groups in total. The van der Waals surface area contributed by atoms with Gasteiger partial charge in [0.1, 0.15) is 0 Å². The van der Waals surface area contributed by atoms with E-state index in [1.807, 2.05) is 0 Å². The van der Waals surface area contributed by atoms with Crippen LogP contribution in [-0.4, -0.2) is 6.61 Å². The van der Waals surface area contributed by atoms with Crippen molar-refractivity contribution in [3.8, 4) is 5.75 Å². The average Bonchev–Trinajstić information content (AvgIpc) is 2.29. The molecule has 1 aromatic carbocycles. The quantitative estimate of drug-likeness (QED) is 0.526. The standard InChI is InChI=1S/C13H16F6OS/c1-3-5-6-7-10-8-9-11(20-4-2)12(14)13(10)21(15,16,17,18)19/h6-9H,3-5H2,1-2H3/b7-6+. The first kappa shape index (κ1) is 17.7. The van der Waals surface area contributed by atoms with Crippen LogP contribution in [0.3, 0.4) is 0 Å². The summed E-state index contributed by atoms with van der Waals surface area (Å²) >= 11 is 0. The predicted octanol–water partition coefficient (Wildman–Crippen LogP) is 6.70. The molecule has 0 saturated carbocycles. The molecular weight excluding hydrogens is 318 g/mol. The lowest BCUT2D eigenvalue weighted by atomic mass is 10.1. The number of hydrogen-bond donors (Lipinski definition) is 0. The molecule has 21 heavy (non-hydrogen) atoms. The predicted molar refractivity (Wildman–Crippen MR) is 72.9 cm³/mol. The van der Waals surface area contributed by atoms with Crippen LogP contribution in [0.15, 0.2) is 23.1 Å². The SMILES string of the molecule is CCC/C=C/c1ccc(OCC)c(F)c1S(F)(F)(F)(F)F. The summed E-state index contributed by atoms with van der Waals surface area (Å²) in [5.74, 6) is -2.91. The summed E-state index contributed by atoms with van der Waals surface area (Å²) < 4.78 is 83.9. The number of unbranched alkanes of at least 4 members (excludes halogenated alkanes) is 1. The first-order valence-corrected chi connectivity index (χ1v) is 8.21. The van der Waals surface area contributed by atoms with Crippen molar-refractivity contribution in [3.05, 3.63) is 29.6 Å². The Morgan fingerprint density at radius 2 is 1.71 bits per heavy atom. The zero-order valence-electron chi connectivity index (χ0n) is 11.5. The molecule has 0 radical (unpaired) electrons. The summed E-state index contributed by atoms with van der Waals surface area (Å²) in [7, 11) is -10.2. The van der Waals surface area contributed by atoms with E-state index in [-0.39, 0.29) is 6.61 Å². The van der Waals surface area contributed by atoms with Crippen LogP contribution in [0.25, 0.3) is 6.08 Å².